The van der Waals surface area contributed by atoms with Crippen LogP contribution in [0, 0.1) is 0 Å². The van der Waals surface area contributed by atoms with Crippen molar-refractivity contribution in [3.8, 4) is 5.75 Å². The Morgan fingerprint density at radius 1 is 1.07 bits per heavy atom. The number of amides is 2. The summed E-state index contributed by atoms with van der Waals surface area (Å²) in [6.45, 7) is 2.15. The number of nitrogens with zero attached hydrogens (tertiary/aromatic N) is 1. The normalized spacial score (nSPS) is 11.5. The quantitative estimate of drug-likeness (QED) is 0.621. The van der Waals surface area contributed by atoms with Crippen molar-refractivity contribution >= 4 is 23.6 Å². The second-order valence-corrected chi connectivity index (χ2v) is 7.55. The molecule has 6 heteroatoms. The van der Waals surface area contributed by atoms with Crippen LogP contribution < -0.4 is 10.1 Å². The maximum Gasteiger partial charge on any atom is 0.242 e. The topological polar surface area (TPSA) is 58.6 Å². The fraction of sp³-hybridized carbons (Fsp3) is 0.364. The van der Waals surface area contributed by atoms with Crippen molar-refractivity contribution in [2.24, 2.45) is 0 Å². The zero-order chi connectivity index (χ0) is 20.4. The van der Waals surface area contributed by atoms with Gasteiger partial charge in [-0.05, 0) is 30.2 Å². The summed E-state index contributed by atoms with van der Waals surface area (Å²) < 4.78 is 5.18. The minimum Gasteiger partial charge on any atom is -0.497 e. The Morgan fingerprint density at radius 3 is 2.36 bits per heavy atom. The number of carbonyl (C=O) groups excluding carboxylic acids is 2. The molecule has 0 fully saturated rings. The van der Waals surface area contributed by atoms with Gasteiger partial charge in [-0.1, -0.05) is 42.5 Å². The molecule has 2 amide bonds. The molecule has 5 nitrogen and oxygen atoms in total. The summed E-state index contributed by atoms with van der Waals surface area (Å²) in [6, 6.07) is 17.2. The van der Waals surface area contributed by atoms with Crippen LogP contribution in [-0.2, 0) is 21.9 Å². The first kappa shape index (κ1) is 21.8. The van der Waals surface area contributed by atoms with Crippen molar-refractivity contribution in [1.82, 2.24) is 10.2 Å². The van der Waals surface area contributed by atoms with E-state index in [1.54, 1.807) is 37.7 Å². The number of carbonyl (C=O) groups is 2. The van der Waals surface area contributed by atoms with E-state index in [9.17, 15) is 9.59 Å². The molecule has 28 heavy (non-hydrogen) atoms. The lowest BCUT2D eigenvalue weighted by atomic mass is 10.1. The van der Waals surface area contributed by atoms with E-state index in [0.717, 1.165) is 17.1 Å². The average Bonchev–Trinajstić information content (AvgIpc) is 2.75. The van der Waals surface area contributed by atoms with Gasteiger partial charge in [0.05, 0.1) is 7.11 Å². The SMILES string of the molecule is CNC(=O)[C@@H](C)N(Cc1ccc(OC)cc1)C(=O)CCSCc1ccccc1. The van der Waals surface area contributed by atoms with Gasteiger partial charge >= 0.3 is 0 Å². The second-order valence-electron chi connectivity index (χ2n) is 6.45. The van der Waals surface area contributed by atoms with Crippen LogP contribution in [0.15, 0.2) is 54.6 Å². The molecule has 0 aromatic heterocycles. The maximum atomic E-state index is 12.9. The van der Waals surface area contributed by atoms with Gasteiger partial charge in [-0.15, -0.1) is 0 Å². The molecule has 1 atom stereocenters. The number of nitrogens with one attached hydrogen (secondary N) is 1. The molecule has 2 aromatic rings. The number of likely N-dealkylation sites (N-methyl/N-ethyl adjacent to an activating group) is 1. The third-order valence-corrected chi connectivity index (χ3v) is 5.53. The van der Waals surface area contributed by atoms with Gasteiger partial charge in [0.1, 0.15) is 11.8 Å². The predicted molar refractivity (Wildman–Crippen MR) is 114 cm³/mol. The van der Waals surface area contributed by atoms with Crippen molar-refractivity contribution in [1.29, 1.82) is 0 Å². The van der Waals surface area contributed by atoms with Gasteiger partial charge in [0.25, 0.3) is 0 Å². The molecule has 0 spiro atoms. The lowest BCUT2D eigenvalue weighted by Gasteiger charge is -2.28. The van der Waals surface area contributed by atoms with Crippen molar-refractivity contribution in [3.63, 3.8) is 0 Å². The zero-order valence-corrected chi connectivity index (χ0v) is 17.5. The standard InChI is InChI=1S/C22H28N2O3S/c1-17(22(26)23-2)24(15-18-9-11-20(27-3)12-10-18)21(25)13-14-28-16-19-7-5-4-6-8-19/h4-12,17H,13-16H2,1-3H3,(H,23,26)/t17-/m1/s1. The molecule has 2 aromatic carbocycles. The van der Waals surface area contributed by atoms with Crippen molar-refractivity contribution in [2.75, 3.05) is 19.9 Å². The van der Waals surface area contributed by atoms with Crippen LogP contribution in [0.1, 0.15) is 24.5 Å². The van der Waals surface area contributed by atoms with Gasteiger partial charge < -0.3 is 15.0 Å². The van der Waals surface area contributed by atoms with Crippen LogP contribution >= 0.6 is 11.8 Å². The van der Waals surface area contributed by atoms with Gasteiger partial charge in [0.15, 0.2) is 0 Å². The molecular formula is C22H28N2O3S. The van der Waals surface area contributed by atoms with Crippen LogP contribution in [0.5, 0.6) is 5.75 Å². The number of hydrogen-bond acceptors (Lipinski definition) is 4. The maximum absolute atomic E-state index is 12.9. The van der Waals surface area contributed by atoms with E-state index in [2.05, 4.69) is 17.4 Å². The van der Waals surface area contributed by atoms with E-state index in [4.69, 9.17) is 4.74 Å². The highest BCUT2D eigenvalue weighted by atomic mass is 32.2. The Balaban J connectivity index is 1.96. The molecule has 0 unspecified atom stereocenters. The van der Waals surface area contributed by atoms with E-state index in [1.165, 1.54) is 5.56 Å². The first-order valence-corrected chi connectivity index (χ1v) is 10.5. The Hall–Kier alpha value is -2.47. The third-order valence-electron chi connectivity index (χ3n) is 4.50. The van der Waals surface area contributed by atoms with Gasteiger partial charge in [0, 0.05) is 31.5 Å². The Bertz CT molecular complexity index is 750. The van der Waals surface area contributed by atoms with Gasteiger partial charge in [0.2, 0.25) is 11.8 Å². The molecule has 2 rings (SSSR count). The minimum absolute atomic E-state index is 0.0209. The van der Waals surface area contributed by atoms with Crippen LogP contribution in [-0.4, -0.2) is 42.7 Å². The highest BCUT2D eigenvalue weighted by molar-refractivity contribution is 7.98. The minimum atomic E-state index is -0.529. The number of ether oxygens (including phenoxy) is 1. The van der Waals surface area contributed by atoms with E-state index < -0.39 is 6.04 Å². The fourth-order valence-electron chi connectivity index (χ4n) is 2.79. The van der Waals surface area contributed by atoms with Gasteiger partial charge in [-0.2, -0.15) is 11.8 Å². The third kappa shape index (κ3) is 6.60. The first-order valence-electron chi connectivity index (χ1n) is 9.30. The first-order chi connectivity index (χ1) is 13.5. The Labute approximate surface area is 171 Å². The molecule has 0 saturated carbocycles. The fourth-order valence-corrected chi connectivity index (χ4v) is 3.68. The van der Waals surface area contributed by atoms with Crippen LogP contribution in [0.2, 0.25) is 0 Å². The number of benzene rings is 2. The summed E-state index contributed by atoms with van der Waals surface area (Å²) in [4.78, 5) is 26.6. The van der Waals surface area contributed by atoms with Crippen molar-refractivity contribution in [3.05, 3.63) is 65.7 Å². The van der Waals surface area contributed by atoms with E-state index >= 15 is 0 Å². The summed E-state index contributed by atoms with van der Waals surface area (Å²) in [6.07, 6.45) is 0.398. The lowest BCUT2D eigenvalue weighted by molar-refractivity contribution is -0.140. The summed E-state index contributed by atoms with van der Waals surface area (Å²) in [7, 11) is 3.20. The predicted octanol–water partition coefficient (Wildman–Crippen LogP) is 3.48. The monoisotopic (exact) mass is 400 g/mol. The van der Waals surface area contributed by atoms with E-state index in [0.29, 0.717) is 18.7 Å². The second kappa shape index (κ2) is 11.4. The Morgan fingerprint density at radius 2 is 1.75 bits per heavy atom. The molecule has 0 heterocycles. The number of rotatable bonds is 10. The summed E-state index contributed by atoms with van der Waals surface area (Å²) >= 11 is 1.72. The van der Waals surface area contributed by atoms with Crippen LogP contribution in [0.25, 0.3) is 0 Å². The summed E-state index contributed by atoms with van der Waals surface area (Å²) in [5.41, 5.74) is 2.20. The Kier molecular flexibility index (Phi) is 8.88. The largest absolute Gasteiger partial charge is 0.497 e. The molecular weight excluding hydrogens is 372 g/mol. The van der Waals surface area contributed by atoms with Crippen molar-refractivity contribution in [2.45, 2.75) is 31.7 Å². The molecule has 0 aliphatic rings. The lowest BCUT2D eigenvalue weighted by Crippen LogP contribution is -2.46. The molecule has 0 aliphatic carbocycles. The van der Waals surface area contributed by atoms with Crippen molar-refractivity contribution < 1.29 is 14.3 Å². The van der Waals surface area contributed by atoms with Gasteiger partial charge in [-0.3, -0.25) is 9.59 Å². The zero-order valence-electron chi connectivity index (χ0n) is 16.7. The molecule has 150 valence electrons. The van der Waals surface area contributed by atoms with Crippen LogP contribution in [0.3, 0.4) is 0 Å². The number of thioether (sulfide) groups is 1. The highest BCUT2D eigenvalue weighted by Crippen LogP contribution is 2.17. The average molecular weight is 401 g/mol. The summed E-state index contributed by atoms with van der Waals surface area (Å²) in [5, 5.41) is 2.63. The molecule has 0 radical (unpaired) electrons. The molecule has 0 aliphatic heterocycles. The van der Waals surface area contributed by atoms with E-state index in [-0.39, 0.29) is 11.8 Å². The molecule has 0 saturated heterocycles. The highest BCUT2D eigenvalue weighted by Gasteiger charge is 2.25. The number of methoxy groups -OCH3 is 1. The summed E-state index contributed by atoms with van der Waals surface area (Å²) in [5.74, 6) is 2.16. The molecule has 0 bridgehead atoms. The van der Waals surface area contributed by atoms with Crippen LogP contribution in [0.4, 0.5) is 0 Å². The number of hydrogen-bond donors (Lipinski definition) is 1. The smallest absolute Gasteiger partial charge is 0.242 e. The molecule has 1 N–H and O–H groups in total. The van der Waals surface area contributed by atoms with E-state index in [1.807, 2.05) is 42.5 Å². The van der Waals surface area contributed by atoms with Gasteiger partial charge in [-0.25, -0.2) is 0 Å².